The highest BCUT2D eigenvalue weighted by Crippen LogP contribution is 2.38. The summed E-state index contributed by atoms with van der Waals surface area (Å²) >= 11 is 5.94. The zero-order chi connectivity index (χ0) is 15.0. The van der Waals surface area contributed by atoms with Crippen LogP contribution >= 0.6 is 23.4 Å². The van der Waals surface area contributed by atoms with Gasteiger partial charge in [0.2, 0.25) is 0 Å². The van der Waals surface area contributed by atoms with Crippen LogP contribution in [0.1, 0.15) is 0 Å². The van der Waals surface area contributed by atoms with E-state index in [4.69, 9.17) is 11.6 Å². The van der Waals surface area contributed by atoms with E-state index < -0.39 is 5.51 Å². The Morgan fingerprint density at radius 2 is 1.95 bits per heavy atom. The van der Waals surface area contributed by atoms with Crippen molar-refractivity contribution >= 4 is 34.3 Å². The summed E-state index contributed by atoms with van der Waals surface area (Å²) in [6, 6.07) is 9.70. The molecule has 1 N–H and O–H groups in total. The molecule has 2 aromatic heterocycles. The van der Waals surface area contributed by atoms with Crippen molar-refractivity contribution in [2.75, 3.05) is 0 Å². The minimum absolute atomic E-state index is 0.132. The first kappa shape index (κ1) is 14.3. The summed E-state index contributed by atoms with van der Waals surface area (Å²) in [6.45, 7) is 0. The average molecular weight is 329 g/mol. The van der Waals surface area contributed by atoms with Crippen LogP contribution in [0, 0.1) is 0 Å². The highest BCUT2D eigenvalue weighted by molar-refractivity contribution is 8.00. The highest BCUT2D eigenvalue weighted by atomic mass is 35.5. The van der Waals surface area contributed by atoms with Crippen molar-refractivity contribution in [3.63, 3.8) is 0 Å². The molecule has 3 aromatic rings. The maximum atomic E-state index is 12.4. The van der Waals surface area contributed by atoms with Crippen molar-refractivity contribution < 1.29 is 13.2 Å². The lowest BCUT2D eigenvalue weighted by molar-refractivity contribution is -0.0328. The Kier molecular flexibility index (Phi) is 3.59. The van der Waals surface area contributed by atoms with Crippen LogP contribution in [-0.4, -0.2) is 15.5 Å². The molecule has 0 bridgehead atoms. The standard InChI is InChI=1S/C14H8ClF3N2S/c15-10-2-1-5-19-13(10)12-7-8-6-9(21-14(16,17)18)3-4-11(8)20-12/h1-7,20H. The number of thioether (sulfide) groups is 1. The highest BCUT2D eigenvalue weighted by Gasteiger charge is 2.29. The van der Waals surface area contributed by atoms with E-state index in [0.717, 1.165) is 5.52 Å². The fraction of sp³-hybridized carbons (Fsp3) is 0.0714. The Labute approximate surface area is 127 Å². The Morgan fingerprint density at radius 1 is 1.14 bits per heavy atom. The van der Waals surface area contributed by atoms with Gasteiger partial charge in [-0.05, 0) is 48.2 Å². The molecule has 0 aliphatic rings. The van der Waals surface area contributed by atoms with Crippen LogP contribution in [0.3, 0.4) is 0 Å². The van der Waals surface area contributed by atoms with Gasteiger partial charge < -0.3 is 4.98 Å². The number of hydrogen-bond acceptors (Lipinski definition) is 2. The first-order valence-electron chi connectivity index (χ1n) is 5.92. The number of rotatable bonds is 2. The van der Waals surface area contributed by atoms with Crippen LogP contribution < -0.4 is 0 Å². The normalized spacial score (nSPS) is 12.0. The number of aromatic amines is 1. The van der Waals surface area contributed by atoms with Gasteiger partial charge >= 0.3 is 5.51 Å². The lowest BCUT2D eigenvalue weighted by Gasteiger charge is -2.04. The topological polar surface area (TPSA) is 28.7 Å². The number of hydrogen-bond donors (Lipinski definition) is 1. The van der Waals surface area contributed by atoms with Gasteiger partial charge in [-0.3, -0.25) is 4.98 Å². The van der Waals surface area contributed by atoms with Gasteiger partial charge in [0, 0.05) is 22.0 Å². The molecule has 108 valence electrons. The van der Waals surface area contributed by atoms with Crippen molar-refractivity contribution in [2.24, 2.45) is 0 Å². The van der Waals surface area contributed by atoms with Crippen molar-refractivity contribution in [3.05, 3.63) is 47.6 Å². The summed E-state index contributed by atoms with van der Waals surface area (Å²) in [6.07, 6.45) is 1.61. The number of aromatic nitrogens is 2. The molecule has 0 amide bonds. The fourth-order valence-corrected chi connectivity index (χ4v) is 2.83. The van der Waals surface area contributed by atoms with Crippen LogP contribution in [0.2, 0.25) is 5.02 Å². The molecule has 2 nitrogen and oxygen atoms in total. The van der Waals surface area contributed by atoms with Crippen molar-refractivity contribution in [3.8, 4) is 11.4 Å². The Balaban J connectivity index is 2.03. The summed E-state index contributed by atoms with van der Waals surface area (Å²) in [5.74, 6) is 0. The molecule has 0 aliphatic heterocycles. The SMILES string of the molecule is FC(F)(F)Sc1ccc2[nH]c(-c3ncccc3Cl)cc2c1. The number of benzene rings is 1. The van der Waals surface area contributed by atoms with Gasteiger partial charge in [0.25, 0.3) is 0 Å². The fourth-order valence-electron chi connectivity index (χ4n) is 2.02. The number of nitrogens with one attached hydrogen (secondary N) is 1. The molecular formula is C14H8ClF3N2S. The van der Waals surface area contributed by atoms with Crippen molar-refractivity contribution in [2.45, 2.75) is 10.4 Å². The molecule has 2 heterocycles. The molecule has 0 unspecified atom stereocenters. The van der Waals surface area contributed by atoms with E-state index in [0.29, 0.717) is 21.8 Å². The van der Waals surface area contributed by atoms with Gasteiger partial charge in [-0.1, -0.05) is 11.6 Å². The summed E-state index contributed by atoms with van der Waals surface area (Å²) in [5.41, 5.74) is -2.32. The summed E-state index contributed by atoms with van der Waals surface area (Å²) in [4.78, 5) is 7.43. The second-order valence-corrected chi connectivity index (χ2v) is 5.86. The predicted molar refractivity (Wildman–Crippen MR) is 78.5 cm³/mol. The molecule has 7 heteroatoms. The van der Waals surface area contributed by atoms with E-state index in [1.807, 2.05) is 0 Å². The molecule has 0 radical (unpaired) electrons. The van der Waals surface area contributed by atoms with E-state index >= 15 is 0 Å². The summed E-state index contributed by atoms with van der Waals surface area (Å²) < 4.78 is 37.2. The van der Waals surface area contributed by atoms with Crippen LogP contribution in [0.15, 0.2) is 47.5 Å². The first-order valence-corrected chi connectivity index (χ1v) is 7.11. The maximum absolute atomic E-state index is 12.4. The smallest absolute Gasteiger partial charge is 0.353 e. The molecule has 3 rings (SSSR count). The summed E-state index contributed by atoms with van der Waals surface area (Å²) in [7, 11) is 0. The van der Waals surface area contributed by atoms with E-state index in [1.54, 1.807) is 30.5 Å². The third-order valence-corrected chi connectivity index (χ3v) is 3.87. The third-order valence-electron chi connectivity index (χ3n) is 2.84. The number of nitrogens with zero attached hydrogens (tertiary/aromatic N) is 1. The zero-order valence-electron chi connectivity index (χ0n) is 10.4. The van der Waals surface area contributed by atoms with Crippen molar-refractivity contribution in [1.82, 2.24) is 9.97 Å². The monoisotopic (exact) mass is 328 g/mol. The van der Waals surface area contributed by atoms with E-state index in [1.165, 1.54) is 12.1 Å². The molecule has 0 spiro atoms. The Hall–Kier alpha value is -1.66. The zero-order valence-corrected chi connectivity index (χ0v) is 12.0. The number of H-pyrrole nitrogens is 1. The van der Waals surface area contributed by atoms with Gasteiger partial charge in [-0.2, -0.15) is 13.2 Å². The Morgan fingerprint density at radius 3 is 2.67 bits per heavy atom. The first-order chi connectivity index (χ1) is 9.92. The van der Waals surface area contributed by atoms with Crippen LogP contribution in [0.5, 0.6) is 0 Å². The lowest BCUT2D eigenvalue weighted by atomic mass is 10.2. The van der Waals surface area contributed by atoms with Crippen molar-refractivity contribution in [1.29, 1.82) is 0 Å². The van der Waals surface area contributed by atoms with Crippen LogP contribution in [0.25, 0.3) is 22.3 Å². The maximum Gasteiger partial charge on any atom is 0.446 e. The van der Waals surface area contributed by atoms with E-state index in [9.17, 15) is 13.2 Å². The molecule has 0 atom stereocenters. The van der Waals surface area contributed by atoms with Gasteiger partial charge in [0.1, 0.15) is 5.69 Å². The van der Waals surface area contributed by atoms with E-state index in [-0.39, 0.29) is 16.7 Å². The number of pyridine rings is 1. The third kappa shape index (κ3) is 3.16. The predicted octanol–water partition coefficient (Wildman–Crippen LogP) is 5.50. The molecule has 0 aliphatic carbocycles. The number of alkyl halides is 3. The molecule has 0 saturated carbocycles. The minimum Gasteiger partial charge on any atom is -0.353 e. The van der Waals surface area contributed by atoms with Crippen LogP contribution in [0.4, 0.5) is 13.2 Å². The van der Waals surface area contributed by atoms with Gasteiger partial charge in [0.05, 0.1) is 10.7 Å². The molecule has 1 aromatic carbocycles. The number of halogens is 4. The molecule has 0 saturated heterocycles. The molecule has 21 heavy (non-hydrogen) atoms. The van der Waals surface area contributed by atoms with E-state index in [2.05, 4.69) is 9.97 Å². The average Bonchev–Trinajstić information content (AvgIpc) is 2.80. The second kappa shape index (κ2) is 5.27. The van der Waals surface area contributed by atoms with Gasteiger partial charge in [-0.25, -0.2) is 0 Å². The molecule has 0 fully saturated rings. The lowest BCUT2D eigenvalue weighted by Crippen LogP contribution is -1.98. The Bertz CT molecular complexity index is 798. The van der Waals surface area contributed by atoms with Gasteiger partial charge in [-0.15, -0.1) is 0 Å². The molecular weight excluding hydrogens is 321 g/mol. The largest absolute Gasteiger partial charge is 0.446 e. The minimum atomic E-state index is -4.29. The van der Waals surface area contributed by atoms with Crippen LogP contribution in [-0.2, 0) is 0 Å². The quantitative estimate of drug-likeness (QED) is 0.630. The summed E-state index contributed by atoms with van der Waals surface area (Å²) in [5, 5.41) is 1.16. The van der Waals surface area contributed by atoms with Gasteiger partial charge in [0.15, 0.2) is 0 Å². The number of fused-ring (bicyclic) bond motifs is 1. The second-order valence-electron chi connectivity index (χ2n) is 4.31.